The molecule has 1 amide bonds. The van der Waals surface area contributed by atoms with Crippen molar-refractivity contribution in [3.05, 3.63) is 95.1 Å². The maximum Gasteiger partial charge on any atom is 0.270 e. The Morgan fingerprint density at radius 3 is 2.33 bits per heavy atom. The topological polar surface area (TPSA) is 85.9 Å². The van der Waals surface area contributed by atoms with Crippen molar-refractivity contribution in [3.8, 4) is 11.8 Å². The fourth-order valence-electron chi connectivity index (χ4n) is 5.18. The number of aromatic nitrogens is 1. The van der Waals surface area contributed by atoms with E-state index in [4.69, 9.17) is 16.6 Å². The first-order chi connectivity index (χ1) is 19.1. The number of pyridine rings is 1. The quantitative estimate of drug-likeness (QED) is 0.444. The zero-order valence-electron chi connectivity index (χ0n) is 21.9. The second-order valence-corrected chi connectivity index (χ2v) is 10.1. The number of piperidine rings is 2. The minimum atomic E-state index is -0.148. The first-order valence-electron chi connectivity index (χ1n) is 13.5. The Hall–Kier alpha value is -4.40. The Labute approximate surface area is 229 Å². The summed E-state index contributed by atoms with van der Waals surface area (Å²) >= 11 is 0. The van der Waals surface area contributed by atoms with Gasteiger partial charge in [0.15, 0.2) is 5.69 Å². The van der Waals surface area contributed by atoms with Gasteiger partial charge in [0.1, 0.15) is 17.5 Å². The zero-order valence-corrected chi connectivity index (χ0v) is 21.9. The van der Waals surface area contributed by atoms with Crippen molar-refractivity contribution in [2.24, 2.45) is 0 Å². The van der Waals surface area contributed by atoms with E-state index in [0.29, 0.717) is 22.7 Å². The number of hydrogen-bond acceptors (Lipinski definition) is 6. The third-order valence-corrected chi connectivity index (χ3v) is 7.47. The maximum absolute atomic E-state index is 12.8. The van der Waals surface area contributed by atoms with Crippen molar-refractivity contribution in [2.45, 2.75) is 44.4 Å². The minimum Gasteiger partial charge on any atom is -0.489 e. The average Bonchev–Trinajstić information content (AvgIpc) is 2.99. The van der Waals surface area contributed by atoms with E-state index in [1.165, 1.54) is 5.56 Å². The summed E-state index contributed by atoms with van der Waals surface area (Å²) < 4.78 is 6.15. The standard InChI is InChI=1S/C31H32N6O2/c1-33-25-6-8-27(9-7-25)37-18-14-28(15-19-37)39-29-10-11-30(34-21-29)31(38)35-26-12-16-36(17-13-26)22-24-4-2-23(20-32)3-5-24/h2-11,21,26,28H,12-19,22H2,(H,35,38). The number of nitrogens with one attached hydrogen (secondary N) is 1. The average molecular weight is 521 g/mol. The van der Waals surface area contributed by atoms with Crippen LogP contribution in [-0.4, -0.2) is 54.1 Å². The molecule has 8 nitrogen and oxygen atoms in total. The molecule has 0 saturated carbocycles. The molecule has 8 heteroatoms. The first kappa shape index (κ1) is 26.2. The zero-order chi connectivity index (χ0) is 27.0. The van der Waals surface area contributed by atoms with Crippen LogP contribution in [0.4, 0.5) is 11.4 Å². The van der Waals surface area contributed by atoms with E-state index >= 15 is 0 Å². The molecule has 5 rings (SSSR count). The highest BCUT2D eigenvalue weighted by atomic mass is 16.5. The van der Waals surface area contributed by atoms with Crippen LogP contribution in [0.15, 0.2) is 66.9 Å². The molecule has 39 heavy (non-hydrogen) atoms. The third-order valence-electron chi connectivity index (χ3n) is 7.47. The van der Waals surface area contributed by atoms with E-state index in [9.17, 15) is 4.79 Å². The van der Waals surface area contributed by atoms with Gasteiger partial charge in [-0.3, -0.25) is 9.69 Å². The van der Waals surface area contributed by atoms with E-state index in [-0.39, 0.29) is 18.1 Å². The molecule has 0 bridgehead atoms. The van der Waals surface area contributed by atoms with E-state index in [1.807, 2.05) is 54.6 Å². The first-order valence-corrected chi connectivity index (χ1v) is 13.5. The van der Waals surface area contributed by atoms with Gasteiger partial charge in [-0.1, -0.05) is 24.3 Å². The highest BCUT2D eigenvalue weighted by molar-refractivity contribution is 5.92. The molecular weight excluding hydrogens is 488 g/mol. The fourth-order valence-corrected chi connectivity index (χ4v) is 5.18. The molecular formula is C31H32N6O2. The number of rotatable bonds is 7. The van der Waals surface area contributed by atoms with Gasteiger partial charge in [0, 0.05) is 57.3 Å². The van der Waals surface area contributed by atoms with Crippen molar-refractivity contribution < 1.29 is 9.53 Å². The Kier molecular flexibility index (Phi) is 8.36. The second-order valence-electron chi connectivity index (χ2n) is 10.1. The number of ether oxygens (including phenoxy) is 1. The van der Waals surface area contributed by atoms with Gasteiger partial charge in [-0.2, -0.15) is 5.26 Å². The number of carbonyl (C=O) groups excluding carboxylic acids is 1. The third kappa shape index (κ3) is 6.93. The summed E-state index contributed by atoms with van der Waals surface area (Å²) in [5.74, 6) is 0.534. The van der Waals surface area contributed by atoms with Gasteiger partial charge in [0.2, 0.25) is 0 Å². The van der Waals surface area contributed by atoms with Crippen LogP contribution in [-0.2, 0) is 6.54 Å². The molecule has 2 aliphatic heterocycles. The normalized spacial score (nSPS) is 16.7. The second kappa shape index (κ2) is 12.4. The van der Waals surface area contributed by atoms with Crippen LogP contribution in [0.5, 0.6) is 5.75 Å². The Balaban J connectivity index is 1.04. The van der Waals surface area contributed by atoms with Crippen LogP contribution >= 0.6 is 0 Å². The summed E-state index contributed by atoms with van der Waals surface area (Å²) in [5, 5.41) is 12.1. The van der Waals surface area contributed by atoms with Gasteiger partial charge in [-0.05, 0) is 54.8 Å². The lowest BCUT2D eigenvalue weighted by Gasteiger charge is -2.33. The number of benzene rings is 2. The molecule has 198 valence electrons. The van der Waals surface area contributed by atoms with Gasteiger partial charge >= 0.3 is 0 Å². The summed E-state index contributed by atoms with van der Waals surface area (Å²) in [4.78, 5) is 25.3. The Bertz CT molecular complexity index is 1330. The van der Waals surface area contributed by atoms with Crippen LogP contribution in [0, 0.1) is 17.9 Å². The number of amides is 1. The molecule has 1 N–H and O–H groups in total. The summed E-state index contributed by atoms with van der Waals surface area (Å²) in [6.45, 7) is 11.6. The molecule has 2 fully saturated rings. The molecule has 2 saturated heterocycles. The fraction of sp³-hybridized carbons (Fsp3) is 0.355. The molecule has 0 aliphatic carbocycles. The smallest absolute Gasteiger partial charge is 0.270 e. The molecule has 3 heterocycles. The predicted octanol–water partition coefficient (Wildman–Crippen LogP) is 4.95. The van der Waals surface area contributed by atoms with Crippen LogP contribution in [0.1, 0.15) is 47.3 Å². The molecule has 2 aromatic carbocycles. The molecule has 3 aromatic rings. The number of anilines is 1. The monoisotopic (exact) mass is 520 g/mol. The molecule has 0 radical (unpaired) electrons. The van der Waals surface area contributed by atoms with E-state index < -0.39 is 0 Å². The molecule has 2 aliphatic rings. The SMILES string of the molecule is [C-]#[N+]c1ccc(N2CCC(Oc3ccc(C(=O)NC4CCN(Cc5ccc(C#N)cc5)CC4)nc3)CC2)cc1. The number of nitrogens with zero attached hydrogens (tertiary/aromatic N) is 5. The van der Waals surface area contributed by atoms with Gasteiger partial charge in [-0.25, -0.2) is 9.83 Å². The summed E-state index contributed by atoms with van der Waals surface area (Å²) in [6, 6.07) is 21.3. The number of carbonyl (C=O) groups is 1. The van der Waals surface area contributed by atoms with Gasteiger partial charge in [-0.15, -0.1) is 0 Å². The predicted molar refractivity (Wildman–Crippen MR) is 150 cm³/mol. The summed E-state index contributed by atoms with van der Waals surface area (Å²) in [6.07, 6.45) is 5.34. The highest BCUT2D eigenvalue weighted by Crippen LogP contribution is 2.25. The lowest BCUT2D eigenvalue weighted by atomic mass is 10.0. The lowest BCUT2D eigenvalue weighted by molar-refractivity contribution is 0.0903. The number of nitriles is 1. The van der Waals surface area contributed by atoms with Gasteiger partial charge < -0.3 is 15.0 Å². The van der Waals surface area contributed by atoms with Crippen molar-refractivity contribution in [1.29, 1.82) is 5.26 Å². The van der Waals surface area contributed by atoms with Crippen LogP contribution < -0.4 is 15.0 Å². The molecule has 1 aromatic heterocycles. The number of likely N-dealkylation sites (tertiary alicyclic amines) is 1. The minimum absolute atomic E-state index is 0.111. The Morgan fingerprint density at radius 2 is 1.72 bits per heavy atom. The van der Waals surface area contributed by atoms with E-state index in [0.717, 1.165) is 64.1 Å². The highest BCUT2D eigenvalue weighted by Gasteiger charge is 2.23. The Morgan fingerprint density at radius 1 is 1.00 bits per heavy atom. The van der Waals surface area contributed by atoms with Crippen LogP contribution in [0.3, 0.4) is 0 Å². The van der Waals surface area contributed by atoms with Crippen molar-refractivity contribution in [1.82, 2.24) is 15.2 Å². The lowest BCUT2D eigenvalue weighted by Crippen LogP contribution is -2.44. The molecule has 0 atom stereocenters. The van der Waals surface area contributed by atoms with Crippen molar-refractivity contribution in [2.75, 3.05) is 31.1 Å². The van der Waals surface area contributed by atoms with E-state index in [2.05, 4.69) is 31.0 Å². The summed E-state index contributed by atoms with van der Waals surface area (Å²) in [5.41, 5.74) is 4.06. The van der Waals surface area contributed by atoms with Gasteiger partial charge in [0.05, 0.1) is 24.4 Å². The molecule has 0 unspecified atom stereocenters. The van der Waals surface area contributed by atoms with Crippen molar-refractivity contribution >= 4 is 17.3 Å². The molecule has 0 spiro atoms. The van der Waals surface area contributed by atoms with Crippen molar-refractivity contribution in [3.63, 3.8) is 0 Å². The maximum atomic E-state index is 12.8. The summed E-state index contributed by atoms with van der Waals surface area (Å²) in [7, 11) is 0. The van der Waals surface area contributed by atoms with Crippen LogP contribution in [0.25, 0.3) is 4.85 Å². The van der Waals surface area contributed by atoms with Crippen LogP contribution in [0.2, 0.25) is 0 Å². The van der Waals surface area contributed by atoms with Gasteiger partial charge in [0.25, 0.3) is 5.91 Å². The largest absolute Gasteiger partial charge is 0.489 e. The number of hydrogen-bond donors (Lipinski definition) is 1. The van der Waals surface area contributed by atoms with E-state index in [1.54, 1.807) is 12.3 Å².